The van der Waals surface area contributed by atoms with Gasteiger partial charge in [0.05, 0.1) is 25.4 Å². The Morgan fingerprint density at radius 3 is 1.27 bits per heavy atom. The summed E-state index contributed by atoms with van der Waals surface area (Å²) in [5.74, 6) is 1.05. The van der Waals surface area contributed by atoms with Crippen molar-refractivity contribution in [1.82, 2.24) is 0 Å². The van der Waals surface area contributed by atoms with E-state index in [9.17, 15) is 19.8 Å². The zero-order valence-corrected chi connectivity index (χ0v) is 21.0. The monoisotopic (exact) mass is 544 g/mol. The van der Waals surface area contributed by atoms with Crippen molar-refractivity contribution >= 4 is 12.6 Å². The van der Waals surface area contributed by atoms with Gasteiger partial charge in [-0.25, -0.2) is 0 Å². The van der Waals surface area contributed by atoms with E-state index in [1.54, 1.807) is 85.0 Å². The molecule has 192 valence electrons. The second-order valence-electron chi connectivity index (χ2n) is 7.22. The molecule has 0 bridgehead atoms. The van der Waals surface area contributed by atoms with E-state index in [4.69, 9.17) is 18.9 Å². The third-order valence-electron chi connectivity index (χ3n) is 4.88. The number of carbonyl (C=O) groups excluding carboxylic acids is 2. The maximum atomic E-state index is 10.6. The first-order valence-electron chi connectivity index (χ1n) is 10.7. The molecule has 2 aromatic rings. The van der Waals surface area contributed by atoms with Crippen LogP contribution in [0.1, 0.15) is 20.7 Å². The van der Waals surface area contributed by atoms with E-state index in [-0.39, 0.29) is 29.0 Å². The Morgan fingerprint density at radius 2 is 0.973 bits per heavy atom. The average Bonchev–Trinajstić information content (AvgIpc) is 3.64. The van der Waals surface area contributed by atoms with E-state index >= 15 is 0 Å². The van der Waals surface area contributed by atoms with Crippen LogP contribution >= 0.6 is 0 Å². The van der Waals surface area contributed by atoms with E-state index < -0.39 is 0 Å². The number of carbonyl (C=O) groups is 2. The molecule has 2 aromatic carbocycles. The van der Waals surface area contributed by atoms with Crippen LogP contribution in [0, 0.1) is 0 Å². The number of benzene rings is 2. The molecule has 0 unspecified atom stereocenters. The topological polar surface area (TPSA) is 112 Å². The van der Waals surface area contributed by atoms with E-state index in [1.807, 2.05) is 0 Å². The van der Waals surface area contributed by atoms with Crippen LogP contribution in [0.2, 0.25) is 0 Å². The Balaban J connectivity index is 0.000000253. The van der Waals surface area contributed by atoms with Crippen molar-refractivity contribution in [2.24, 2.45) is 0 Å². The van der Waals surface area contributed by atoms with Crippen LogP contribution in [0.3, 0.4) is 0 Å². The minimum absolute atomic E-state index is 0. The largest absolute Gasteiger partial charge is 0.493 e. The van der Waals surface area contributed by atoms with E-state index in [1.165, 1.54) is 14.2 Å². The number of hydrogen-bond donors (Lipinski definition) is 2. The summed E-state index contributed by atoms with van der Waals surface area (Å²) in [6.45, 7) is 0. The standard InChI is InChI=1S/2C14H12O4.Fe/c2*1-17-13-8-10(9-15)6-7-12(13)18-14(16)11-4-2-3-5-11;/h2*2-9,16H,1H3;. The van der Waals surface area contributed by atoms with Gasteiger partial charge in [0.25, 0.3) is 11.9 Å². The fourth-order valence-electron chi connectivity index (χ4n) is 3.04. The Morgan fingerprint density at radius 1 is 0.622 bits per heavy atom. The fourth-order valence-corrected chi connectivity index (χ4v) is 3.04. The van der Waals surface area contributed by atoms with Crippen molar-refractivity contribution < 1.29 is 55.8 Å². The second kappa shape index (κ2) is 14.2. The Hall–Kier alpha value is -4.46. The zero-order chi connectivity index (χ0) is 25.9. The van der Waals surface area contributed by atoms with Crippen LogP contribution < -0.4 is 18.9 Å². The van der Waals surface area contributed by atoms with Crippen LogP contribution in [0.15, 0.2) is 108 Å². The molecule has 0 atom stereocenters. The van der Waals surface area contributed by atoms with Gasteiger partial charge < -0.3 is 29.2 Å². The van der Waals surface area contributed by atoms with Crippen molar-refractivity contribution in [3.63, 3.8) is 0 Å². The molecule has 4 rings (SSSR count). The summed E-state index contributed by atoms with van der Waals surface area (Å²) in [5.41, 5.74) is 2.12. The number of aliphatic hydroxyl groups is 2. The molecule has 0 radical (unpaired) electrons. The van der Waals surface area contributed by atoms with Gasteiger partial charge in [-0.2, -0.15) is 0 Å². The molecule has 0 aliphatic heterocycles. The number of aliphatic hydroxyl groups excluding tert-OH is 2. The molecule has 8 nitrogen and oxygen atoms in total. The first kappa shape index (κ1) is 28.8. The number of ether oxygens (including phenoxy) is 4. The number of aldehydes is 2. The number of methoxy groups -OCH3 is 2. The molecular formula is C28H24FeO8. The average molecular weight is 544 g/mol. The van der Waals surface area contributed by atoms with Gasteiger partial charge in [-0.05, 0) is 60.7 Å². The smallest absolute Gasteiger partial charge is 0.289 e. The van der Waals surface area contributed by atoms with Gasteiger partial charge in [0.1, 0.15) is 12.6 Å². The molecule has 0 saturated carbocycles. The maximum absolute atomic E-state index is 10.6. The van der Waals surface area contributed by atoms with Crippen LogP contribution in [0.4, 0.5) is 0 Å². The molecular weight excluding hydrogens is 520 g/mol. The molecule has 37 heavy (non-hydrogen) atoms. The van der Waals surface area contributed by atoms with E-state index in [0.717, 1.165) is 0 Å². The second-order valence-corrected chi connectivity index (χ2v) is 7.22. The molecule has 0 fully saturated rings. The minimum Gasteiger partial charge on any atom is -0.493 e. The molecule has 2 aliphatic rings. The van der Waals surface area contributed by atoms with Gasteiger partial charge >= 0.3 is 0 Å². The first-order chi connectivity index (χ1) is 17.5. The molecule has 0 heterocycles. The van der Waals surface area contributed by atoms with Gasteiger partial charge in [0.2, 0.25) is 0 Å². The van der Waals surface area contributed by atoms with Crippen molar-refractivity contribution in [3.8, 4) is 23.0 Å². The van der Waals surface area contributed by atoms with E-state index in [0.29, 0.717) is 57.8 Å². The molecule has 0 amide bonds. The third kappa shape index (κ3) is 7.76. The van der Waals surface area contributed by atoms with E-state index in [2.05, 4.69) is 0 Å². The minimum atomic E-state index is -0.211. The molecule has 0 saturated heterocycles. The van der Waals surface area contributed by atoms with Gasteiger partial charge in [0.15, 0.2) is 23.0 Å². The van der Waals surface area contributed by atoms with Crippen molar-refractivity contribution in [1.29, 1.82) is 0 Å². The van der Waals surface area contributed by atoms with Gasteiger partial charge in [0, 0.05) is 28.2 Å². The maximum Gasteiger partial charge on any atom is 0.289 e. The van der Waals surface area contributed by atoms with Crippen LogP contribution in [-0.4, -0.2) is 37.0 Å². The quantitative estimate of drug-likeness (QED) is 0.253. The Labute approximate surface area is 224 Å². The normalized spacial score (nSPS) is 12.3. The van der Waals surface area contributed by atoms with Crippen molar-refractivity contribution in [2.45, 2.75) is 0 Å². The van der Waals surface area contributed by atoms with Gasteiger partial charge in [-0.15, -0.1) is 0 Å². The van der Waals surface area contributed by atoms with Crippen LogP contribution in [-0.2, 0) is 17.1 Å². The summed E-state index contributed by atoms with van der Waals surface area (Å²) in [6.07, 6.45) is 15.5. The van der Waals surface area contributed by atoms with Crippen molar-refractivity contribution in [3.05, 3.63) is 119 Å². The molecule has 9 heteroatoms. The molecule has 0 aromatic heterocycles. The predicted octanol–water partition coefficient (Wildman–Crippen LogP) is 5.56. The third-order valence-corrected chi connectivity index (χ3v) is 4.88. The van der Waals surface area contributed by atoms with Crippen molar-refractivity contribution in [2.75, 3.05) is 14.2 Å². The number of rotatable bonds is 8. The molecule has 2 aliphatic carbocycles. The van der Waals surface area contributed by atoms with Crippen LogP contribution in [0.25, 0.3) is 0 Å². The molecule has 2 N–H and O–H groups in total. The Bertz CT molecular complexity index is 1190. The number of hydrogen-bond acceptors (Lipinski definition) is 8. The summed E-state index contributed by atoms with van der Waals surface area (Å²) >= 11 is 0. The molecule has 0 spiro atoms. The van der Waals surface area contributed by atoms with Gasteiger partial charge in [-0.3, -0.25) is 9.59 Å². The summed E-state index contributed by atoms with van der Waals surface area (Å²) in [6, 6.07) is 9.40. The Kier molecular flexibility index (Phi) is 11.0. The summed E-state index contributed by atoms with van der Waals surface area (Å²) in [4.78, 5) is 21.3. The zero-order valence-electron chi connectivity index (χ0n) is 19.9. The van der Waals surface area contributed by atoms with Gasteiger partial charge in [-0.1, -0.05) is 24.3 Å². The SMILES string of the molecule is COc1cc(C=O)ccc1OC(O)=C1C=CC=C1.COc1cc(C=O)ccc1OC(O)=C1C=CC=C1.[Fe]. The van der Waals surface area contributed by atoms with Crippen LogP contribution in [0.5, 0.6) is 23.0 Å². The number of allylic oxidation sites excluding steroid dienone is 10. The summed E-state index contributed by atoms with van der Waals surface area (Å²) < 4.78 is 20.8. The predicted molar refractivity (Wildman–Crippen MR) is 134 cm³/mol. The first-order valence-corrected chi connectivity index (χ1v) is 10.7. The summed E-state index contributed by atoms with van der Waals surface area (Å²) in [5, 5.41) is 19.6. The fraction of sp³-hybridized carbons (Fsp3) is 0.0714. The summed E-state index contributed by atoms with van der Waals surface area (Å²) in [7, 11) is 2.94.